The van der Waals surface area contributed by atoms with Crippen molar-refractivity contribution in [3.8, 4) is 0 Å². The van der Waals surface area contributed by atoms with Crippen LogP contribution in [0.2, 0.25) is 0 Å². The van der Waals surface area contributed by atoms with Gasteiger partial charge in [0.15, 0.2) is 0 Å². The summed E-state index contributed by atoms with van der Waals surface area (Å²) in [6.45, 7) is 12.1. The highest BCUT2D eigenvalue weighted by Crippen LogP contribution is 2.38. The second-order valence-corrected chi connectivity index (χ2v) is 6.35. The van der Waals surface area contributed by atoms with Crippen molar-refractivity contribution in [2.75, 3.05) is 26.3 Å². The number of nitrogens with one attached hydrogen (secondary N) is 1. The molecule has 0 aromatic rings. The van der Waals surface area contributed by atoms with Gasteiger partial charge in [0.1, 0.15) is 0 Å². The standard InChI is InChI=1S/C15H31NO2/c1-5-10-16-11-9-15(7-6-8-15)18-13-12-17-14(2,3)4/h16H,5-13H2,1-4H3. The maximum atomic E-state index is 6.08. The first-order valence-corrected chi connectivity index (χ1v) is 7.46. The van der Waals surface area contributed by atoms with E-state index in [1.54, 1.807) is 0 Å². The topological polar surface area (TPSA) is 30.5 Å². The van der Waals surface area contributed by atoms with E-state index in [0.29, 0.717) is 6.61 Å². The highest BCUT2D eigenvalue weighted by Gasteiger charge is 2.37. The van der Waals surface area contributed by atoms with E-state index < -0.39 is 0 Å². The molecule has 0 unspecified atom stereocenters. The Morgan fingerprint density at radius 3 is 2.33 bits per heavy atom. The zero-order valence-corrected chi connectivity index (χ0v) is 12.7. The molecule has 0 atom stereocenters. The molecular weight excluding hydrogens is 226 g/mol. The lowest BCUT2D eigenvalue weighted by Crippen LogP contribution is -2.43. The van der Waals surface area contributed by atoms with Crippen LogP contribution < -0.4 is 5.32 Å². The molecular formula is C15H31NO2. The van der Waals surface area contributed by atoms with Crippen LogP contribution in [0.25, 0.3) is 0 Å². The van der Waals surface area contributed by atoms with E-state index >= 15 is 0 Å². The fraction of sp³-hybridized carbons (Fsp3) is 1.00. The van der Waals surface area contributed by atoms with E-state index in [9.17, 15) is 0 Å². The molecule has 1 aliphatic rings. The molecule has 0 radical (unpaired) electrons. The Morgan fingerprint density at radius 1 is 1.11 bits per heavy atom. The van der Waals surface area contributed by atoms with Crippen LogP contribution in [0.5, 0.6) is 0 Å². The minimum atomic E-state index is -0.0567. The first-order chi connectivity index (χ1) is 8.47. The number of hydrogen-bond acceptors (Lipinski definition) is 3. The van der Waals surface area contributed by atoms with Gasteiger partial charge in [0, 0.05) is 0 Å². The minimum Gasteiger partial charge on any atom is -0.373 e. The van der Waals surface area contributed by atoms with Gasteiger partial charge in [-0.25, -0.2) is 0 Å². The Hall–Kier alpha value is -0.120. The lowest BCUT2D eigenvalue weighted by Gasteiger charge is -2.42. The summed E-state index contributed by atoms with van der Waals surface area (Å²) in [6, 6.07) is 0. The predicted molar refractivity (Wildman–Crippen MR) is 76.0 cm³/mol. The van der Waals surface area contributed by atoms with Crippen molar-refractivity contribution in [2.45, 2.75) is 71.0 Å². The molecule has 1 rings (SSSR count). The summed E-state index contributed by atoms with van der Waals surface area (Å²) >= 11 is 0. The lowest BCUT2D eigenvalue weighted by atomic mass is 9.77. The summed E-state index contributed by atoms with van der Waals surface area (Å²) in [5.41, 5.74) is 0.0980. The number of hydrogen-bond donors (Lipinski definition) is 1. The van der Waals surface area contributed by atoms with Crippen molar-refractivity contribution in [3.63, 3.8) is 0 Å². The molecule has 1 aliphatic carbocycles. The van der Waals surface area contributed by atoms with Crippen molar-refractivity contribution in [3.05, 3.63) is 0 Å². The Kier molecular flexibility index (Phi) is 6.61. The quantitative estimate of drug-likeness (QED) is 0.644. The summed E-state index contributed by atoms with van der Waals surface area (Å²) in [6.07, 6.45) is 6.09. The zero-order chi connectivity index (χ0) is 13.5. The molecule has 3 heteroatoms. The van der Waals surface area contributed by atoms with Crippen LogP contribution in [0, 0.1) is 0 Å². The minimum absolute atomic E-state index is 0.0567. The van der Waals surface area contributed by atoms with Crippen LogP contribution in [-0.4, -0.2) is 37.5 Å². The molecule has 0 spiro atoms. The van der Waals surface area contributed by atoms with Crippen molar-refractivity contribution < 1.29 is 9.47 Å². The molecule has 0 amide bonds. The normalized spacial score (nSPS) is 18.7. The maximum Gasteiger partial charge on any atom is 0.0708 e. The van der Waals surface area contributed by atoms with Crippen molar-refractivity contribution in [1.29, 1.82) is 0 Å². The summed E-state index contributed by atoms with van der Waals surface area (Å²) in [4.78, 5) is 0. The molecule has 0 aliphatic heterocycles. The van der Waals surface area contributed by atoms with Gasteiger partial charge in [-0.3, -0.25) is 0 Å². The van der Waals surface area contributed by atoms with Gasteiger partial charge in [0.05, 0.1) is 24.4 Å². The molecule has 1 N–H and O–H groups in total. The van der Waals surface area contributed by atoms with Crippen LogP contribution >= 0.6 is 0 Å². The van der Waals surface area contributed by atoms with Gasteiger partial charge in [-0.2, -0.15) is 0 Å². The molecule has 0 aromatic carbocycles. The molecule has 0 saturated heterocycles. The fourth-order valence-corrected chi connectivity index (χ4v) is 2.26. The predicted octanol–water partition coefficient (Wildman–Crippen LogP) is 3.13. The Labute approximate surface area is 113 Å². The van der Waals surface area contributed by atoms with Crippen molar-refractivity contribution in [2.24, 2.45) is 0 Å². The molecule has 108 valence electrons. The molecule has 1 fully saturated rings. The van der Waals surface area contributed by atoms with Crippen LogP contribution in [0.3, 0.4) is 0 Å². The van der Waals surface area contributed by atoms with Crippen LogP contribution in [0.15, 0.2) is 0 Å². The summed E-state index contributed by atoms with van der Waals surface area (Å²) in [7, 11) is 0. The number of rotatable bonds is 9. The first kappa shape index (κ1) is 15.9. The monoisotopic (exact) mass is 257 g/mol. The third kappa shape index (κ3) is 6.17. The average molecular weight is 257 g/mol. The fourth-order valence-electron chi connectivity index (χ4n) is 2.26. The number of ether oxygens (including phenoxy) is 2. The van der Waals surface area contributed by atoms with E-state index in [-0.39, 0.29) is 11.2 Å². The molecule has 0 aromatic heterocycles. The molecule has 0 heterocycles. The van der Waals surface area contributed by atoms with E-state index in [1.807, 2.05) is 0 Å². The second-order valence-electron chi connectivity index (χ2n) is 6.35. The summed E-state index contributed by atoms with van der Waals surface area (Å²) in [5.74, 6) is 0. The highest BCUT2D eigenvalue weighted by atomic mass is 16.5. The smallest absolute Gasteiger partial charge is 0.0708 e. The Balaban J connectivity index is 2.12. The van der Waals surface area contributed by atoms with E-state index in [4.69, 9.17) is 9.47 Å². The zero-order valence-electron chi connectivity index (χ0n) is 12.7. The molecule has 18 heavy (non-hydrogen) atoms. The van der Waals surface area contributed by atoms with Gasteiger partial charge in [-0.15, -0.1) is 0 Å². The van der Waals surface area contributed by atoms with Crippen molar-refractivity contribution in [1.82, 2.24) is 5.32 Å². The van der Waals surface area contributed by atoms with Crippen molar-refractivity contribution >= 4 is 0 Å². The van der Waals surface area contributed by atoms with Crippen LogP contribution in [0.1, 0.15) is 59.8 Å². The maximum absolute atomic E-state index is 6.08. The van der Waals surface area contributed by atoms with E-state index in [1.165, 1.54) is 25.7 Å². The van der Waals surface area contributed by atoms with E-state index in [2.05, 4.69) is 33.0 Å². The van der Waals surface area contributed by atoms with Crippen LogP contribution in [0.4, 0.5) is 0 Å². The van der Waals surface area contributed by atoms with Gasteiger partial charge in [0.2, 0.25) is 0 Å². The lowest BCUT2D eigenvalue weighted by molar-refractivity contribution is -0.130. The SMILES string of the molecule is CCCNCCC1(OCCOC(C)(C)C)CCC1. The third-order valence-electron chi connectivity index (χ3n) is 3.48. The van der Waals surface area contributed by atoms with Gasteiger partial charge in [-0.1, -0.05) is 6.92 Å². The molecule has 0 bridgehead atoms. The average Bonchev–Trinajstić information content (AvgIpc) is 2.23. The highest BCUT2D eigenvalue weighted by molar-refractivity contribution is 4.90. The second kappa shape index (κ2) is 7.46. The Morgan fingerprint density at radius 2 is 1.83 bits per heavy atom. The largest absolute Gasteiger partial charge is 0.373 e. The Bertz CT molecular complexity index is 219. The molecule has 3 nitrogen and oxygen atoms in total. The van der Waals surface area contributed by atoms with Gasteiger partial charge < -0.3 is 14.8 Å². The molecule has 1 saturated carbocycles. The first-order valence-electron chi connectivity index (χ1n) is 7.46. The van der Waals surface area contributed by atoms with E-state index in [0.717, 1.165) is 26.1 Å². The van der Waals surface area contributed by atoms with Gasteiger partial charge in [0.25, 0.3) is 0 Å². The third-order valence-corrected chi connectivity index (χ3v) is 3.48. The van der Waals surface area contributed by atoms with Gasteiger partial charge >= 0.3 is 0 Å². The summed E-state index contributed by atoms with van der Waals surface area (Å²) in [5, 5.41) is 3.46. The summed E-state index contributed by atoms with van der Waals surface area (Å²) < 4.78 is 11.8. The van der Waals surface area contributed by atoms with Crippen LogP contribution in [-0.2, 0) is 9.47 Å². The van der Waals surface area contributed by atoms with Gasteiger partial charge in [-0.05, 0) is 66.0 Å².